The molecule has 0 bridgehead atoms. The summed E-state index contributed by atoms with van der Waals surface area (Å²) in [7, 11) is 1.40. The molecular weight excluding hydrogens is 331 g/mol. The predicted molar refractivity (Wildman–Crippen MR) is 87.8 cm³/mol. The molecule has 0 radical (unpaired) electrons. The molecule has 0 aromatic heterocycles. The molecule has 6 heteroatoms. The largest absolute Gasteiger partial charge is 0.469 e. The first-order chi connectivity index (χ1) is 11.9. The number of carbonyl (C=O) groups excluding carboxylic acids is 1. The van der Waals surface area contributed by atoms with Gasteiger partial charge in [-0.1, -0.05) is 25.0 Å². The van der Waals surface area contributed by atoms with Crippen LogP contribution in [0.4, 0.5) is 13.2 Å². The highest BCUT2D eigenvalue weighted by Gasteiger charge is 2.40. The summed E-state index contributed by atoms with van der Waals surface area (Å²) < 4.78 is 43.1. The number of nitrogens with one attached hydrogen (secondary N) is 1. The number of benzene rings is 1. The van der Waals surface area contributed by atoms with Crippen molar-refractivity contribution in [1.29, 1.82) is 0 Å². The number of ether oxygens (including phenoxy) is 1. The molecule has 0 amide bonds. The van der Waals surface area contributed by atoms with Crippen molar-refractivity contribution in [3.8, 4) is 0 Å². The normalized spacial score (nSPS) is 29.8. The molecule has 1 aliphatic carbocycles. The zero-order chi connectivity index (χ0) is 18.0. The Kier molecular flexibility index (Phi) is 5.37. The Balaban J connectivity index is 1.78. The first-order valence-corrected chi connectivity index (χ1v) is 8.88. The molecule has 0 unspecified atom stereocenters. The van der Waals surface area contributed by atoms with Crippen molar-refractivity contribution >= 4 is 5.97 Å². The maximum absolute atomic E-state index is 12.8. The number of rotatable bonds is 3. The van der Waals surface area contributed by atoms with E-state index in [1.54, 1.807) is 12.1 Å². The van der Waals surface area contributed by atoms with Crippen LogP contribution in [0.1, 0.15) is 55.7 Å². The Morgan fingerprint density at radius 1 is 1.20 bits per heavy atom. The van der Waals surface area contributed by atoms with E-state index in [2.05, 4.69) is 5.32 Å². The Morgan fingerprint density at radius 2 is 1.88 bits per heavy atom. The summed E-state index contributed by atoms with van der Waals surface area (Å²) in [6.45, 7) is 0. The predicted octanol–water partition coefficient (Wildman–Crippen LogP) is 4.48. The smallest absolute Gasteiger partial charge is 0.416 e. The van der Waals surface area contributed by atoms with Gasteiger partial charge in [-0.05, 0) is 48.8 Å². The van der Waals surface area contributed by atoms with Crippen molar-refractivity contribution in [3.63, 3.8) is 0 Å². The number of methoxy groups -OCH3 is 1. The molecule has 0 spiro atoms. The van der Waals surface area contributed by atoms with Crippen LogP contribution in [-0.2, 0) is 15.7 Å². The van der Waals surface area contributed by atoms with Crippen LogP contribution in [0.15, 0.2) is 24.3 Å². The van der Waals surface area contributed by atoms with Gasteiger partial charge < -0.3 is 10.1 Å². The molecule has 1 aliphatic heterocycles. The van der Waals surface area contributed by atoms with Gasteiger partial charge in [-0.25, -0.2) is 0 Å². The minimum Gasteiger partial charge on any atom is -0.469 e. The van der Waals surface area contributed by atoms with Crippen molar-refractivity contribution in [3.05, 3.63) is 35.4 Å². The summed E-state index contributed by atoms with van der Waals surface area (Å²) in [5.41, 5.74) is 0.223. The van der Waals surface area contributed by atoms with E-state index in [1.807, 2.05) is 0 Å². The minimum absolute atomic E-state index is 0.0173. The third-order valence-electron chi connectivity index (χ3n) is 5.68. The Hall–Kier alpha value is -1.56. The van der Waals surface area contributed by atoms with E-state index in [0.29, 0.717) is 18.4 Å². The fourth-order valence-corrected chi connectivity index (χ4v) is 4.40. The van der Waals surface area contributed by atoms with Crippen molar-refractivity contribution in [2.24, 2.45) is 11.8 Å². The summed E-state index contributed by atoms with van der Waals surface area (Å²) in [5.74, 6) is 0.451. The fourth-order valence-electron chi connectivity index (χ4n) is 4.40. The molecule has 1 N–H and O–H groups in total. The molecule has 2 aliphatic rings. The molecule has 3 nitrogen and oxygen atoms in total. The summed E-state index contributed by atoms with van der Waals surface area (Å²) in [4.78, 5) is 11.8. The number of hydrogen-bond acceptors (Lipinski definition) is 3. The zero-order valence-corrected chi connectivity index (χ0v) is 14.3. The molecule has 1 aromatic rings. The molecule has 138 valence electrons. The third-order valence-corrected chi connectivity index (χ3v) is 5.68. The Morgan fingerprint density at radius 3 is 2.52 bits per heavy atom. The number of fused-ring (bicyclic) bond motifs is 1. The molecule has 4 atom stereocenters. The maximum atomic E-state index is 12.8. The van der Waals surface area contributed by atoms with Crippen molar-refractivity contribution in [2.45, 2.75) is 56.8 Å². The van der Waals surface area contributed by atoms with E-state index in [1.165, 1.54) is 13.5 Å². The molecule has 1 saturated carbocycles. The molecule has 1 saturated heterocycles. The van der Waals surface area contributed by atoms with Crippen molar-refractivity contribution in [1.82, 2.24) is 5.32 Å². The number of carbonyl (C=O) groups is 1. The van der Waals surface area contributed by atoms with Gasteiger partial charge in [0.15, 0.2) is 0 Å². The van der Waals surface area contributed by atoms with Crippen LogP contribution >= 0.6 is 0 Å². The topological polar surface area (TPSA) is 38.3 Å². The summed E-state index contributed by atoms with van der Waals surface area (Å²) >= 11 is 0. The lowest BCUT2D eigenvalue weighted by atomic mass is 9.69. The maximum Gasteiger partial charge on any atom is 0.416 e. The third kappa shape index (κ3) is 4.17. The Bertz CT molecular complexity index is 600. The van der Waals surface area contributed by atoms with Gasteiger partial charge in [-0.2, -0.15) is 13.2 Å². The van der Waals surface area contributed by atoms with E-state index in [9.17, 15) is 18.0 Å². The van der Waals surface area contributed by atoms with Gasteiger partial charge >= 0.3 is 12.1 Å². The fraction of sp³-hybridized carbons (Fsp3) is 0.632. The van der Waals surface area contributed by atoms with Crippen LogP contribution in [0.3, 0.4) is 0 Å². The summed E-state index contributed by atoms with van der Waals surface area (Å²) in [6, 6.07) is 5.69. The highest BCUT2D eigenvalue weighted by atomic mass is 19.4. The second-order valence-electron chi connectivity index (χ2n) is 7.17. The monoisotopic (exact) mass is 355 g/mol. The van der Waals surface area contributed by atoms with E-state index < -0.39 is 11.7 Å². The van der Waals surface area contributed by atoms with Gasteiger partial charge in [0.2, 0.25) is 0 Å². The average molecular weight is 355 g/mol. The van der Waals surface area contributed by atoms with Crippen LogP contribution in [-0.4, -0.2) is 19.1 Å². The van der Waals surface area contributed by atoms with Gasteiger partial charge in [0.1, 0.15) is 0 Å². The van der Waals surface area contributed by atoms with Gasteiger partial charge in [-0.3, -0.25) is 4.79 Å². The number of hydrogen-bond donors (Lipinski definition) is 1. The van der Waals surface area contributed by atoms with Gasteiger partial charge in [0.25, 0.3) is 0 Å². The molecule has 3 rings (SSSR count). The highest BCUT2D eigenvalue weighted by molar-refractivity contribution is 5.69. The van der Waals surface area contributed by atoms with Crippen LogP contribution in [0, 0.1) is 11.8 Å². The van der Waals surface area contributed by atoms with Crippen LogP contribution < -0.4 is 5.32 Å². The first kappa shape index (κ1) is 18.2. The average Bonchev–Trinajstić information content (AvgIpc) is 2.61. The minimum atomic E-state index is -4.32. The van der Waals surface area contributed by atoms with Crippen molar-refractivity contribution in [2.75, 3.05) is 7.11 Å². The molecule has 1 aromatic carbocycles. The van der Waals surface area contributed by atoms with E-state index in [4.69, 9.17) is 4.74 Å². The summed E-state index contributed by atoms with van der Waals surface area (Å²) in [5, 5.41) is 3.62. The Labute approximate surface area is 145 Å². The standard InChI is InChI=1S/C19H24F3NO2/c1-25-18(24)11-13-10-17(23-16-5-3-2-4-15(13)16)12-6-8-14(9-7-12)19(20,21)22/h6-9,13,15-17,23H,2-5,10-11H2,1H3/t13-,15+,16+,17+/m1/s1. The second-order valence-corrected chi connectivity index (χ2v) is 7.17. The zero-order valence-electron chi connectivity index (χ0n) is 14.3. The number of esters is 1. The quantitative estimate of drug-likeness (QED) is 0.813. The molecule has 2 fully saturated rings. The molecular formula is C19H24F3NO2. The van der Waals surface area contributed by atoms with E-state index in [-0.39, 0.29) is 17.9 Å². The van der Waals surface area contributed by atoms with Crippen molar-refractivity contribution < 1.29 is 22.7 Å². The van der Waals surface area contributed by atoms with Crippen LogP contribution in [0.2, 0.25) is 0 Å². The lowest BCUT2D eigenvalue weighted by Crippen LogP contribution is -2.49. The molecule has 25 heavy (non-hydrogen) atoms. The lowest BCUT2D eigenvalue weighted by Gasteiger charge is -2.45. The highest BCUT2D eigenvalue weighted by Crippen LogP contribution is 2.42. The summed E-state index contributed by atoms with van der Waals surface area (Å²) in [6.07, 6.45) is 1.29. The van der Waals surface area contributed by atoms with E-state index >= 15 is 0 Å². The number of halogens is 3. The van der Waals surface area contributed by atoms with Gasteiger partial charge in [0.05, 0.1) is 12.7 Å². The second kappa shape index (κ2) is 7.36. The number of piperidine rings is 1. The van der Waals surface area contributed by atoms with Crippen LogP contribution in [0.5, 0.6) is 0 Å². The van der Waals surface area contributed by atoms with Gasteiger partial charge in [-0.15, -0.1) is 0 Å². The number of alkyl halides is 3. The lowest BCUT2D eigenvalue weighted by molar-refractivity contribution is -0.143. The van der Waals surface area contributed by atoms with Gasteiger partial charge in [0, 0.05) is 18.5 Å². The van der Waals surface area contributed by atoms with Crippen LogP contribution in [0.25, 0.3) is 0 Å². The molecule has 1 heterocycles. The van der Waals surface area contributed by atoms with E-state index in [0.717, 1.165) is 43.4 Å². The SMILES string of the molecule is COC(=O)C[C@H]1C[C@@H](c2ccc(C(F)(F)F)cc2)N[C@H]2CCCC[C@@H]12. The first-order valence-electron chi connectivity index (χ1n) is 8.88.